The fourth-order valence-electron chi connectivity index (χ4n) is 2.87. The van der Waals surface area contributed by atoms with Crippen LogP contribution in [0.25, 0.3) is 0 Å². The predicted molar refractivity (Wildman–Crippen MR) is 81.0 cm³/mol. The molecule has 2 N–H and O–H groups in total. The fraction of sp³-hybridized carbons (Fsp3) is 0.533. The van der Waals surface area contributed by atoms with Crippen LogP contribution >= 0.6 is 0 Å². The minimum absolute atomic E-state index is 0.134. The first-order valence-electron chi connectivity index (χ1n) is 7.50. The van der Waals surface area contributed by atoms with Gasteiger partial charge in [0.25, 0.3) is 0 Å². The number of rotatable bonds is 5. The van der Waals surface area contributed by atoms with E-state index in [1.165, 1.54) is 6.07 Å². The minimum Gasteiger partial charge on any atom is -0.493 e. The zero-order chi connectivity index (χ0) is 16.5. The van der Waals surface area contributed by atoms with E-state index in [-0.39, 0.29) is 11.4 Å². The lowest BCUT2D eigenvalue weighted by molar-refractivity contribution is -0.154. The predicted octanol–water partition coefficient (Wildman–Crippen LogP) is 0.781. The van der Waals surface area contributed by atoms with E-state index in [1.807, 2.05) is 0 Å². The Kier molecular flexibility index (Phi) is 4.31. The minimum atomic E-state index is -3.76. The molecule has 126 valence electrons. The van der Waals surface area contributed by atoms with E-state index in [4.69, 9.17) is 9.47 Å². The van der Waals surface area contributed by atoms with Crippen molar-refractivity contribution >= 4 is 16.0 Å². The lowest BCUT2D eigenvalue weighted by atomic mass is 9.80. The van der Waals surface area contributed by atoms with Crippen LogP contribution in [-0.2, 0) is 26.0 Å². The van der Waals surface area contributed by atoms with Gasteiger partial charge in [-0.05, 0) is 36.6 Å². The Morgan fingerprint density at radius 1 is 1.26 bits per heavy atom. The van der Waals surface area contributed by atoms with Gasteiger partial charge in [0.05, 0.1) is 16.9 Å². The number of carbonyl (C=O) groups is 1. The van der Waals surface area contributed by atoms with Crippen LogP contribution in [0.4, 0.5) is 0 Å². The highest BCUT2D eigenvalue weighted by atomic mass is 32.2. The lowest BCUT2D eigenvalue weighted by Crippen LogP contribution is -2.46. The van der Waals surface area contributed by atoms with Gasteiger partial charge in [0, 0.05) is 26.2 Å². The van der Waals surface area contributed by atoms with Gasteiger partial charge in [-0.3, -0.25) is 4.79 Å². The van der Waals surface area contributed by atoms with Gasteiger partial charge >= 0.3 is 5.97 Å². The van der Waals surface area contributed by atoms with Gasteiger partial charge < -0.3 is 14.6 Å². The molecule has 1 aromatic carbocycles. The van der Waals surface area contributed by atoms with E-state index < -0.39 is 21.4 Å². The molecule has 0 bridgehead atoms. The number of carboxylic acids is 1. The monoisotopic (exact) mass is 341 g/mol. The van der Waals surface area contributed by atoms with E-state index in [9.17, 15) is 18.3 Å². The van der Waals surface area contributed by atoms with Gasteiger partial charge in [-0.15, -0.1) is 0 Å². The van der Waals surface area contributed by atoms with Crippen LogP contribution in [0.15, 0.2) is 23.1 Å². The average molecular weight is 341 g/mol. The summed E-state index contributed by atoms with van der Waals surface area (Å²) in [5.41, 5.74) is -0.252. The SMILES string of the molecule is O=C(O)C1(CNS(=O)(=O)c2ccc3c(c2)CCO3)CCOCC1. The van der Waals surface area contributed by atoms with Gasteiger partial charge in [-0.2, -0.15) is 0 Å². The number of hydrogen-bond donors (Lipinski definition) is 2. The first-order chi connectivity index (χ1) is 10.9. The van der Waals surface area contributed by atoms with Crippen molar-refractivity contribution in [1.82, 2.24) is 4.72 Å². The first kappa shape index (κ1) is 16.2. The summed E-state index contributed by atoms with van der Waals surface area (Å²) < 4.78 is 37.9. The van der Waals surface area contributed by atoms with Crippen molar-refractivity contribution in [2.75, 3.05) is 26.4 Å². The van der Waals surface area contributed by atoms with E-state index in [0.29, 0.717) is 44.8 Å². The van der Waals surface area contributed by atoms with Crippen molar-refractivity contribution in [2.24, 2.45) is 5.41 Å². The van der Waals surface area contributed by atoms with Gasteiger partial charge in [-0.1, -0.05) is 0 Å². The van der Waals surface area contributed by atoms with Crippen LogP contribution in [0.5, 0.6) is 5.75 Å². The molecule has 0 atom stereocenters. The maximum Gasteiger partial charge on any atom is 0.311 e. The molecule has 2 aliphatic heterocycles. The summed E-state index contributed by atoms with van der Waals surface area (Å²) in [4.78, 5) is 11.7. The summed E-state index contributed by atoms with van der Waals surface area (Å²) in [5, 5.41) is 9.48. The van der Waals surface area contributed by atoms with E-state index >= 15 is 0 Å². The smallest absolute Gasteiger partial charge is 0.311 e. The van der Waals surface area contributed by atoms with Crippen molar-refractivity contribution in [3.8, 4) is 5.75 Å². The molecule has 0 aliphatic carbocycles. The van der Waals surface area contributed by atoms with Crippen molar-refractivity contribution in [3.63, 3.8) is 0 Å². The Bertz CT molecular complexity index is 709. The standard InChI is InChI=1S/C15H19NO6S/c17-14(18)15(4-7-21-8-5-15)10-16-23(19,20)12-1-2-13-11(9-12)3-6-22-13/h1-2,9,16H,3-8,10H2,(H,17,18). The lowest BCUT2D eigenvalue weighted by Gasteiger charge is -2.33. The number of sulfonamides is 1. The second-order valence-electron chi connectivity index (χ2n) is 5.89. The molecule has 7 nitrogen and oxygen atoms in total. The summed E-state index contributed by atoms with van der Waals surface area (Å²) in [6, 6.07) is 4.70. The Hall–Kier alpha value is -1.64. The Balaban J connectivity index is 1.77. The van der Waals surface area contributed by atoms with Crippen LogP contribution in [-0.4, -0.2) is 45.9 Å². The number of carboxylic acid groups (broad SMARTS) is 1. The number of hydrogen-bond acceptors (Lipinski definition) is 5. The number of benzene rings is 1. The normalized spacial score (nSPS) is 19.8. The second-order valence-corrected chi connectivity index (χ2v) is 7.66. The molecule has 2 heterocycles. The van der Waals surface area contributed by atoms with Crippen molar-refractivity contribution < 1.29 is 27.8 Å². The second kappa shape index (κ2) is 6.10. The molecule has 1 fully saturated rings. The molecule has 2 aliphatic rings. The highest BCUT2D eigenvalue weighted by molar-refractivity contribution is 7.89. The average Bonchev–Trinajstić information content (AvgIpc) is 3.01. The Morgan fingerprint density at radius 3 is 2.70 bits per heavy atom. The molecule has 8 heteroatoms. The van der Waals surface area contributed by atoms with Crippen LogP contribution in [0, 0.1) is 5.41 Å². The fourth-order valence-corrected chi connectivity index (χ4v) is 4.05. The van der Waals surface area contributed by atoms with Gasteiger partial charge in [0.1, 0.15) is 5.75 Å². The zero-order valence-corrected chi connectivity index (χ0v) is 13.4. The van der Waals surface area contributed by atoms with Gasteiger partial charge in [0.2, 0.25) is 10.0 Å². The van der Waals surface area contributed by atoms with Crippen LogP contribution in [0.3, 0.4) is 0 Å². The quantitative estimate of drug-likeness (QED) is 0.821. The Labute approximate surface area is 134 Å². The highest BCUT2D eigenvalue weighted by Gasteiger charge is 2.41. The van der Waals surface area contributed by atoms with E-state index in [0.717, 1.165) is 5.56 Å². The van der Waals surface area contributed by atoms with Crippen molar-refractivity contribution in [1.29, 1.82) is 0 Å². The maximum atomic E-state index is 12.5. The molecule has 0 radical (unpaired) electrons. The van der Waals surface area contributed by atoms with Crippen LogP contribution < -0.4 is 9.46 Å². The molecule has 3 rings (SSSR count). The molecule has 0 saturated carbocycles. The summed E-state index contributed by atoms with van der Waals surface area (Å²) in [6.07, 6.45) is 1.26. The summed E-state index contributed by atoms with van der Waals surface area (Å²) in [6.45, 7) is 1.06. The summed E-state index contributed by atoms with van der Waals surface area (Å²) >= 11 is 0. The molecule has 0 amide bonds. The highest BCUT2D eigenvalue weighted by Crippen LogP contribution is 2.31. The van der Waals surface area contributed by atoms with Crippen LogP contribution in [0.1, 0.15) is 18.4 Å². The molecule has 1 saturated heterocycles. The number of aliphatic carboxylic acids is 1. The number of nitrogens with one attached hydrogen (secondary N) is 1. The topological polar surface area (TPSA) is 102 Å². The third kappa shape index (κ3) is 3.19. The molecular weight excluding hydrogens is 322 g/mol. The summed E-state index contributed by atoms with van der Waals surface area (Å²) in [7, 11) is -3.76. The zero-order valence-electron chi connectivity index (χ0n) is 12.6. The largest absolute Gasteiger partial charge is 0.493 e. The molecular formula is C15H19NO6S. The molecule has 0 spiro atoms. The Morgan fingerprint density at radius 2 is 2.00 bits per heavy atom. The van der Waals surface area contributed by atoms with E-state index in [1.54, 1.807) is 12.1 Å². The maximum absolute atomic E-state index is 12.5. The van der Waals surface area contributed by atoms with Crippen LogP contribution in [0.2, 0.25) is 0 Å². The third-order valence-electron chi connectivity index (χ3n) is 4.48. The molecule has 0 unspecified atom stereocenters. The molecule has 23 heavy (non-hydrogen) atoms. The van der Waals surface area contributed by atoms with Gasteiger partial charge in [0.15, 0.2) is 0 Å². The number of fused-ring (bicyclic) bond motifs is 1. The molecule has 0 aromatic heterocycles. The van der Waals surface area contributed by atoms with Crippen molar-refractivity contribution in [3.05, 3.63) is 23.8 Å². The van der Waals surface area contributed by atoms with Crippen molar-refractivity contribution in [2.45, 2.75) is 24.2 Å². The first-order valence-corrected chi connectivity index (χ1v) is 8.98. The summed E-state index contributed by atoms with van der Waals surface area (Å²) in [5.74, 6) is -0.291. The van der Waals surface area contributed by atoms with E-state index in [2.05, 4.69) is 4.72 Å². The third-order valence-corrected chi connectivity index (χ3v) is 5.87. The molecule has 1 aromatic rings. The number of ether oxygens (including phenoxy) is 2. The van der Waals surface area contributed by atoms with Gasteiger partial charge in [-0.25, -0.2) is 13.1 Å².